The van der Waals surface area contributed by atoms with Crippen LogP contribution in [0.3, 0.4) is 0 Å². The van der Waals surface area contributed by atoms with Gasteiger partial charge in [0.1, 0.15) is 10.8 Å². The van der Waals surface area contributed by atoms with Gasteiger partial charge in [0.2, 0.25) is 11.0 Å². The van der Waals surface area contributed by atoms with Crippen molar-refractivity contribution in [1.82, 2.24) is 10.2 Å². The van der Waals surface area contributed by atoms with Gasteiger partial charge in [-0.3, -0.25) is 4.79 Å². The van der Waals surface area contributed by atoms with Gasteiger partial charge in [-0.25, -0.2) is 4.39 Å². The first-order valence-electron chi connectivity index (χ1n) is 7.69. The van der Waals surface area contributed by atoms with Crippen LogP contribution in [0, 0.1) is 5.82 Å². The number of ether oxygens (including phenoxy) is 2. The molecule has 0 unspecified atom stereocenters. The molecule has 0 saturated carbocycles. The first-order chi connectivity index (χ1) is 12.6. The maximum absolute atomic E-state index is 13.0. The SMILES string of the molecule is COc1ccc(CC(=O)Nc2nnc(-c3ccc(F)cc3)s2)cc1OC. The molecule has 134 valence electrons. The number of halogens is 1. The van der Waals surface area contributed by atoms with Crippen LogP contribution in [-0.4, -0.2) is 30.3 Å². The number of nitrogens with zero attached hydrogens (tertiary/aromatic N) is 2. The first-order valence-corrected chi connectivity index (χ1v) is 8.51. The lowest BCUT2D eigenvalue weighted by molar-refractivity contribution is -0.115. The predicted molar refractivity (Wildman–Crippen MR) is 97.2 cm³/mol. The summed E-state index contributed by atoms with van der Waals surface area (Å²) in [6.45, 7) is 0. The minimum Gasteiger partial charge on any atom is -0.493 e. The number of carbonyl (C=O) groups excluding carboxylic acids is 1. The Labute approximate surface area is 153 Å². The summed E-state index contributed by atoms with van der Waals surface area (Å²) < 4.78 is 23.4. The zero-order valence-electron chi connectivity index (χ0n) is 14.2. The fraction of sp³-hybridized carbons (Fsp3) is 0.167. The maximum atomic E-state index is 13.0. The van der Waals surface area contributed by atoms with E-state index in [1.165, 1.54) is 23.5 Å². The fourth-order valence-electron chi connectivity index (χ4n) is 2.32. The van der Waals surface area contributed by atoms with Crippen molar-refractivity contribution < 1.29 is 18.7 Å². The second-order valence-corrected chi connectivity index (χ2v) is 6.31. The van der Waals surface area contributed by atoms with Gasteiger partial charge in [0.15, 0.2) is 11.5 Å². The van der Waals surface area contributed by atoms with Crippen LogP contribution in [0.5, 0.6) is 11.5 Å². The lowest BCUT2D eigenvalue weighted by Crippen LogP contribution is -2.14. The van der Waals surface area contributed by atoms with Gasteiger partial charge in [-0.05, 0) is 42.0 Å². The molecule has 0 fully saturated rings. The molecule has 0 bridgehead atoms. The molecule has 0 aliphatic heterocycles. The van der Waals surface area contributed by atoms with Gasteiger partial charge in [0.25, 0.3) is 0 Å². The number of amides is 1. The summed E-state index contributed by atoms with van der Waals surface area (Å²) in [5, 5.41) is 11.7. The predicted octanol–water partition coefficient (Wildman–Crippen LogP) is 3.54. The maximum Gasteiger partial charge on any atom is 0.230 e. The van der Waals surface area contributed by atoms with E-state index in [9.17, 15) is 9.18 Å². The monoisotopic (exact) mass is 373 g/mol. The minimum absolute atomic E-state index is 0.159. The van der Waals surface area contributed by atoms with E-state index in [-0.39, 0.29) is 18.1 Å². The number of methoxy groups -OCH3 is 2. The number of benzene rings is 2. The largest absolute Gasteiger partial charge is 0.493 e. The van der Waals surface area contributed by atoms with Crippen molar-refractivity contribution >= 4 is 22.4 Å². The van der Waals surface area contributed by atoms with Crippen molar-refractivity contribution in [3.63, 3.8) is 0 Å². The zero-order valence-corrected chi connectivity index (χ0v) is 15.0. The van der Waals surface area contributed by atoms with E-state index >= 15 is 0 Å². The number of carbonyl (C=O) groups is 1. The third-order valence-corrected chi connectivity index (χ3v) is 4.46. The average Bonchev–Trinajstić information content (AvgIpc) is 3.10. The molecule has 0 spiro atoms. The normalized spacial score (nSPS) is 10.4. The smallest absolute Gasteiger partial charge is 0.230 e. The Morgan fingerprint density at radius 2 is 1.81 bits per heavy atom. The number of anilines is 1. The minimum atomic E-state index is -0.318. The highest BCUT2D eigenvalue weighted by Crippen LogP contribution is 2.29. The molecular formula is C18H16FN3O3S. The molecule has 1 aromatic heterocycles. The molecule has 0 aliphatic carbocycles. The topological polar surface area (TPSA) is 73.3 Å². The van der Waals surface area contributed by atoms with Crippen LogP contribution >= 0.6 is 11.3 Å². The Balaban J connectivity index is 1.66. The van der Waals surface area contributed by atoms with E-state index in [1.54, 1.807) is 44.6 Å². The van der Waals surface area contributed by atoms with E-state index in [0.29, 0.717) is 21.6 Å². The van der Waals surface area contributed by atoms with Crippen LogP contribution in [0.1, 0.15) is 5.56 Å². The third-order valence-electron chi connectivity index (χ3n) is 3.58. The van der Waals surface area contributed by atoms with Crippen LogP contribution in [0.25, 0.3) is 10.6 Å². The molecular weight excluding hydrogens is 357 g/mol. The first kappa shape index (κ1) is 17.8. The van der Waals surface area contributed by atoms with Crippen LogP contribution in [-0.2, 0) is 11.2 Å². The lowest BCUT2D eigenvalue weighted by atomic mass is 10.1. The number of aromatic nitrogens is 2. The highest BCUT2D eigenvalue weighted by molar-refractivity contribution is 7.18. The van der Waals surface area contributed by atoms with Crippen molar-refractivity contribution in [2.45, 2.75) is 6.42 Å². The standard InChI is InChI=1S/C18H16FN3O3S/c1-24-14-8-3-11(9-15(14)25-2)10-16(23)20-18-22-21-17(26-18)12-4-6-13(19)7-5-12/h3-9H,10H2,1-2H3,(H,20,22,23). The molecule has 0 atom stereocenters. The van der Waals surface area contributed by atoms with E-state index in [1.807, 2.05) is 0 Å². The molecule has 2 aromatic carbocycles. The molecule has 3 rings (SSSR count). The molecule has 8 heteroatoms. The van der Waals surface area contributed by atoms with E-state index in [2.05, 4.69) is 15.5 Å². The highest BCUT2D eigenvalue weighted by Gasteiger charge is 2.12. The van der Waals surface area contributed by atoms with Crippen molar-refractivity contribution in [3.8, 4) is 22.1 Å². The highest BCUT2D eigenvalue weighted by atomic mass is 32.1. The molecule has 26 heavy (non-hydrogen) atoms. The summed E-state index contributed by atoms with van der Waals surface area (Å²) in [5.74, 6) is 0.623. The number of rotatable bonds is 6. The Morgan fingerprint density at radius 3 is 2.50 bits per heavy atom. The second kappa shape index (κ2) is 7.92. The number of nitrogens with one attached hydrogen (secondary N) is 1. The van der Waals surface area contributed by atoms with Gasteiger partial charge in [-0.1, -0.05) is 17.4 Å². The average molecular weight is 373 g/mol. The van der Waals surface area contributed by atoms with Crippen LogP contribution < -0.4 is 14.8 Å². The Bertz CT molecular complexity index is 912. The molecule has 1 N–H and O–H groups in total. The van der Waals surface area contributed by atoms with Crippen LogP contribution in [0.4, 0.5) is 9.52 Å². The van der Waals surface area contributed by atoms with E-state index in [4.69, 9.17) is 9.47 Å². The molecule has 0 radical (unpaired) electrons. The second-order valence-electron chi connectivity index (χ2n) is 5.33. The summed E-state index contributed by atoms with van der Waals surface area (Å²) in [7, 11) is 3.10. The zero-order chi connectivity index (χ0) is 18.5. The van der Waals surface area contributed by atoms with Crippen molar-refractivity contribution in [3.05, 3.63) is 53.8 Å². The third kappa shape index (κ3) is 4.15. The summed E-state index contributed by atoms with van der Waals surface area (Å²) in [6, 6.07) is 11.2. The van der Waals surface area contributed by atoms with Crippen LogP contribution in [0.15, 0.2) is 42.5 Å². The Kier molecular flexibility index (Phi) is 5.43. The van der Waals surface area contributed by atoms with E-state index in [0.717, 1.165) is 11.1 Å². The van der Waals surface area contributed by atoms with Gasteiger partial charge in [-0.2, -0.15) is 0 Å². The van der Waals surface area contributed by atoms with Gasteiger partial charge < -0.3 is 14.8 Å². The Morgan fingerprint density at radius 1 is 1.08 bits per heavy atom. The molecule has 1 heterocycles. The molecule has 3 aromatic rings. The van der Waals surface area contributed by atoms with Crippen molar-refractivity contribution in [2.24, 2.45) is 0 Å². The molecule has 0 saturated heterocycles. The quantitative estimate of drug-likeness (QED) is 0.715. The van der Waals surface area contributed by atoms with E-state index < -0.39 is 0 Å². The summed E-state index contributed by atoms with van der Waals surface area (Å²) in [4.78, 5) is 12.2. The van der Waals surface area contributed by atoms with Gasteiger partial charge in [0.05, 0.1) is 20.6 Å². The van der Waals surface area contributed by atoms with Crippen molar-refractivity contribution in [2.75, 3.05) is 19.5 Å². The lowest BCUT2D eigenvalue weighted by Gasteiger charge is -2.09. The number of hydrogen-bond donors (Lipinski definition) is 1. The van der Waals surface area contributed by atoms with Gasteiger partial charge in [0, 0.05) is 5.56 Å². The van der Waals surface area contributed by atoms with Gasteiger partial charge in [-0.15, -0.1) is 10.2 Å². The summed E-state index contributed by atoms with van der Waals surface area (Å²) >= 11 is 1.22. The fourth-order valence-corrected chi connectivity index (χ4v) is 3.09. The van der Waals surface area contributed by atoms with Crippen LogP contribution in [0.2, 0.25) is 0 Å². The number of hydrogen-bond acceptors (Lipinski definition) is 6. The summed E-state index contributed by atoms with van der Waals surface area (Å²) in [6.07, 6.45) is 0.159. The molecule has 6 nitrogen and oxygen atoms in total. The molecule has 0 aliphatic rings. The summed E-state index contributed by atoms with van der Waals surface area (Å²) in [5.41, 5.74) is 1.52. The molecule has 1 amide bonds. The van der Waals surface area contributed by atoms with Crippen molar-refractivity contribution in [1.29, 1.82) is 0 Å². The Hall–Kier alpha value is -3.00. The van der Waals surface area contributed by atoms with Gasteiger partial charge >= 0.3 is 0 Å².